The van der Waals surface area contributed by atoms with Crippen LogP contribution < -0.4 is 5.32 Å². The first-order valence-electron chi connectivity index (χ1n) is 7.31. The van der Waals surface area contributed by atoms with Crippen molar-refractivity contribution in [3.63, 3.8) is 0 Å². The lowest BCUT2D eigenvalue weighted by Crippen LogP contribution is -2.20. The van der Waals surface area contributed by atoms with Crippen molar-refractivity contribution in [2.24, 2.45) is 5.92 Å². The predicted octanol–water partition coefficient (Wildman–Crippen LogP) is 4.83. The Bertz CT molecular complexity index is 444. The van der Waals surface area contributed by atoms with Gasteiger partial charge in [0.2, 0.25) is 0 Å². The zero-order valence-electron chi connectivity index (χ0n) is 12.9. The predicted molar refractivity (Wildman–Crippen MR) is 81.2 cm³/mol. The highest BCUT2D eigenvalue weighted by molar-refractivity contribution is 5.27. The van der Waals surface area contributed by atoms with Crippen LogP contribution in [0.2, 0.25) is 0 Å². The zero-order chi connectivity index (χ0) is 15.9. The summed E-state index contributed by atoms with van der Waals surface area (Å²) in [5.41, 5.74) is 1.50. The third-order valence-electron chi connectivity index (χ3n) is 3.13. The molecule has 0 heterocycles. The SMILES string of the molecule is CC(=CCCNCC(C)C)Cc1ccc(C(F)(F)F)cc1. The van der Waals surface area contributed by atoms with E-state index < -0.39 is 11.7 Å². The van der Waals surface area contributed by atoms with Gasteiger partial charge >= 0.3 is 6.18 Å². The summed E-state index contributed by atoms with van der Waals surface area (Å²) < 4.78 is 37.4. The van der Waals surface area contributed by atoms with Crippen LogP contribution in [-0.4, -0.2) is 13.1 Å². The average molecular weight is 299 g/mol. The molecule has 4 heteroatoms. The average Bonchev–Trinajstić information content (AvgIpc) is 2.37. The quantitative estimate of drug-likeness (QED) is 0.561. The number of rotatable bonds is 7. The van der Waals surface area contributed by atoms with E-state index in [1.165, 1.54) is 5.57 Å². The molecule has 0 aromatic heterocycles. The monoisotopic (exact) mass is 299 g/mol. The summed E-state index contributed by atoms with van der Waals surface area (Å²) in [6.07, 6.45) is -0.474. The van der Waals surface area contributed by atoms with Crippen LogP contribution in [0.3, 0.4) is 0 Å². The first-order valence-corrected chi connectivity index (χ1v) is 7.31. The fourth-order valence-corrected chi connectivity index (χ4v) is 2.02. The second-order valence-corrected chi connectivity index (χ2v) is 5.81. The van der Waals surface area contributed by atoms with Crippen LogP contribution >= 0.6 is 0 Å². The van der Waals surface area contributed by atoms with E-state index in [1.54, 1.807) is 12.1 Å². The number of alkyl halides is 3. The minimum absolute atomic E-state index is 0.592. The highest BCUT2D eigenvalue weighted by Gasteiger charge is 2.29. The van der Waals surface area contributed by atoms with Crippen molar-refractivity contribution in [3.05, 3.63) is 47.0 Å². The molecule has 0 aliphatic rings. The fraction of sp³-hybridized carbons (Fsp3) is 0.529. The highest BCUT2D eigenvalue weighted by Crippen LogP contribution is 2.29. The van der Waals surface area contributed by atoms with Gasteiger partial charge in [-0.25, -0.2) is 0 Å². The molecule has 118 valence electrons. The van der Waals surface area contributed by atoms with Crippen molar-refractivity contribution < 1.29 is 13.2 Å². The summed E-state index contributed by atoms with van der Waals surface area (Å²) in [6, 6.07) is 5.40. The topological polar surface area (TPSA) is 12.0 Å². The number of halogens is 3. The van der Waals surface area contributed by atoms with Crippen molar-refractivity contribution in [2.75, 3.05) is 13.1 Å². The van der Waals surface area contributed by atoms with Gasteiger partial charge in [-0.3, -0.25) is 0 Å². The van der Waals surface area contributed by atoms with E-state index in [-0.39, 0.29) is 0 Å². The van der Waals surface area contributed by atoms with E-state index in [0.717, 1.165) is 37.2 Å². The van der Waals surface area contributed by atoms with Crippen LogP contribution in [0.15, 0.2) is 35.9 Å². The number of benzene rings is 1. The maximum atomic E-state index is 12.5. The van der Waals surface area contributed by atoms with E-state index in [4.69, 9.17) is 0 Å². The van der Waals surface area contributed by atoms with E-state index in [1.807, 2.05) is 6.92 Å². The van der Waals surface area contributed by atoms with Gasteiger partial charge in [0.05, 0.1) is 5.56 Å². The van der Waals surface area contributed by atoms with Gasteiger partial charge in [0.25, 0.3) is 0 Å². The second kappa shape index (κ2) is 8.23. The van der Waals surface area contributed by atoms with Crippen LogP contribution in [0.4, 0.5) is 13.2 Å². The van der Waals surface area contributed by atoms with Crippen molar-refractivity contribution >= 4 is 0 Å². The fourth-order valence-electron chi connectivity index (χ4n) is 2.02. The third-order valence-corrected chi connectivity index (χ3v) is 3.13. The molecule has 1 aromatic rings. The Kier molecular flexibility index (Phi) is 6.96. The molecule has 1 aromatic carbocycles. The molecular formula is C17H24F3N. The normalized spacial score (nSPS) is 13.0. The van der Waals surface area contributed by atoms with Crippen LogP contribution in [0.5, 0.6) is 0 Å². The second-order valence-electron chi connectivity index (χ2n) is 5.81. The number of allylic oxidation sites excluding steroid dienone is 1. The van der Waals surface area contributed by atoms with Crippen molar-refractivity contribution in [2.45, 2.75) is 39.8 Å². The number of hydrogen-bond donors (Lipinski definition) is 1. The number of hydrogen-bond acceptors (Lipinski definition) is 1. The van der Waals surface area contributed by atoms with Crippen molar-refractivity contribution in [3.8, 4) is 0 Å². The van der Waals surface area contributed by atoms with Crippen molar-refractivity contribution in [1.29, 1.82) is 0 Å². The summed E-state index contributed by atoms with van der Waals surface area (Å²) in [6.45, 7) is 8.28. The lowest BCUT2D eigenvalue weighted by molar-refractivity contribution is -0.137. The van der Waals surface area contributed by atoms with E-state index in [9.17, 15) is 13.2 Å². The Morgan fingerprint density at radius 2 is 1.81 bits per heavy atom. The van der Waals surface area contributed by atoms with Gasteiger partial charge in [-0.1, -0.05) is 37.6 Å². The Morgan fingerprint density at radius 1 is 1.19 bits per heavy atom. The Labute approximate surface area is 125 Å². The lowest BCUT2D eigenvalue weighted by atomic mass is 10.0. The van der Waals surface area contributed by atoms with Gasteiger partial charge < -0.3 is 5.32 Å². The molecule has 0 atom stereocenters. The molecule has 0 saturated carbocycles. The van der Waals surface area contributed by atoms with Crippen molar-refractivity contribution in [1.82, 2.24) is 5.32 Å². The van der Waals surface area contributed by atoms with E-state index in [2.05, 4.69) is 25.2 Å². The molecule has 0 aliphatic heterocycles. The summed E-state index contributed by atoms with van der Waals surface area (Å²) >= 11 is 0. The number of nitrogens with one attached hydrogen (secondary N) is 1. The molecule has 0 unspecified atom stereocenters. The minimum Gasteiger partial charge on any atom is -0.316 e. The largest absolute Gasteiger partial charge is 0.416 e. The molecule has 0 amide bonds. The smallest absolute Gasteiger partial charge is 0.316 e. The highest BCUT2D eigenvalue weighted by atomic mass is 19.4. The lowest BCUT2D eigenvalue weighted by Gasteiger charge is -2.08. The third kappa shape index (κ3) is 7.32. The molecule has 0 spiro atoms. The molecule has 0 aliphatic carbocycles. The molecule has 21 heavy (non-hydrogen) atoms. The maximum Gasteiger partial charge on any atom is 0.416 e. The van der Waals surface area contributed by atoms with Crippen LogP contribution in [0, 0.1) is 5.92 Å². The van der Waals surface area contributed by atoms with E-state index >= 15 is 0 Å². The van der Waals surface area contributed by atoms with Crippen LogP contribution in [0.1, 0.15) is 38.3 Å². The molecule has 1 rings (SSSR count). The van der Waals surface area contributed by atoms with Gasteiger partial charge in [0, 0.05) is 0 Å². The van der Waals surface area contributed by atoms with Crippen LogP contribution in [0.25, 0.3) is 0 Å². The maximum absolute atomic E-state index is 12.5. The Morgan fingerprint density at radius 3 is 2.33 bits per heavy atom. The van der Waals surface area contributed by atoms with Gasteiger partial charge in [-0.2, -0.15) is 13.2 Å². The summed E-state index contributed by atoms with van der Waals surface area (Å²) in [5.74, 6) is 0.641. The van der Waals surface area contributed by atoms with Crippen LogP contribution in [-0.2, 0) is 12.6 Å². The molecular weight excluding hydrogens is 275 g/mol. The summed E-state index contributed by atoms with van der Waals surface area (Å²) in [4.78, 5) is 0. The molecule has 0 radical (unpaired) electrons. The summed E-state index contributed by atoms with van der Waals surface area (Å²) in [5, 5.41) is 3.36. The van der Waals surface area contributed by atoms with E-state index in [0.29, 0.717) is 12.3 Å². The first-order chi connectivity index (χ1) is 9.79. The molecule has 0 saturated heterocycles. The van der Waals surface area contributed by atoms with Gasteiger partial charge in [-0.05, 0) is 56.5 Å². The Hall–Kier alpha value is -1.29. The standard InChI is InChI=1S/C17H24F3N/c1-13(2)12-21-10-4-5-14(3)11-15-6-8-16(9-7-15)17(18,19)20/h5-9,13,21H,4,10-12H2,1-3H3. The minimum atomic E-state index is -4.26. The Balaban J connectivity index is 2.42. The summed E-state index contributed by atoms with van der Waals surface area (Å²) in [7, 11) is 0. The molecule has 1 N–H and O–H groups in total. The first kappa shape index (κ1) is 17.8. The van der Waals surface area contributed by atoms with Gasteiger partial charge in [-0.15, -0.1) is 0 Å². The molecule has 0 bridgehead atoms. The van der Waals surface area contributed by atoms with Gasteiger partial charge in [0.1, 0.15) is 0 Å². The molecule has 1 nitrogen and oxygen atoms in total. The molecule has 0 fully saturated rings. The zero-order valence-corrected chi connectivity index (χ0v) is 12.9. The van der Waals surface area contributed by atoms with Gasteiger partial charge in [0.15, 0.2) is 0 Å².